The Labute approximate surface area is 150 Å². The van der Waals surface area contributed by atoms with E-state index in [0.717, 1.165) is 35.8 Å². The summed E-state index contributed by atoms with van der Waals surface area (Å²) in [5.74, 6) is 1.67. The van der Waals surface area contributed by atoms with E-state index in [1.165, 1.54) is 5.69 Å². The molecule has 2 N–H and O–H groups in total. The molecular formula is C16H22BrN7. The van der Waals surface area contributed by atoms with Gasteiger partial charge >= 0.3 is 0 Å². The van der Waals surface area contributed by atoms with Crippen LogP contribution in [0.3, 0.4) is 0 Å². The van der Waals surface area contributed by atoms with Crippen LogP contribution in [0.15, 0.2) is 40.1 Å². The van der Waals surface area contributed by atoms with Gasteiger partial charge in [-0.15, -0.1) is 10.2 Å². The van der Waals surface area contributed by atoms with Crippen LogP contribution in [0.4, 0.5) is 5.69 Å². The molecule has 7 nitrogen and oxygen atoms in total. The Morgan fingerprint density at radius 2 is 2.17 bits per heavy atom. The van der Waals surface area contributed by atoms with Gasteiger partial charge in [0, 0.05) is 43.4 Å². The number of hydrogen-bond acceptors (Lipinski definition) is 4. The van der Waals surface area contributed by atoms with Crippen LogP contribution in [0.2, 0.25) is 0 Å². The zero-order valence-corrected chi connectivity index (χ0v) is 15.5. The van der Waals surface area contributed by atoms with Gasteiger partial charge in [-0.3, -0.25) is 4.99 Å². The monoisotopic (exact) mass is 391 g/mol. The van der Waals surface area contributed by atoms with Crippen molar-refractivity contribution in [1.29, 1.82) is 0 Å². The van der Waals surface area contributed by atoms with Gasteiger partial charge in [-0.05, 0) is 30.7 Å². The minimum atomic E-state index is 0.374. The lowest BCUT2D eigenvalue weighted by atomic mass is 10.3. The molecule has 0 aliphatic carbocycles. The first-order valence-corrected chi connectivity index (χ1v) is 8.75. The average Bonchev–Trinajstić information content (AvgIpc) is 3.21. The highest BCUT2D eigenvalue weighted by Crippen LogP contribution is 2.22. The Morgan fingerprint density at radius 1 is 1.38 bits per heavy atom. The first kappa shape index (κ1) is 16.8. The summed E-state index contributed by atoms with van der Waals surface area (Å²) in [6.07, 6.45) is 2.78. The van der Waals surface area contributed by atoms with Crippen LogP contribution in [0.5, 0.6) is 0 Å². The zero-order valence-electron chi connectivity index (χ0n) is 13.9. The molecule has 1 unspecified atom stereocenters. The normalized spacial score (nSPS) is 18.0. The van der Waals surface area contributed by atoms with Crippen LogP contribution in [-0.2, 0) is 13.6 Å². The van der Waals surface area contributed by atoms with Gasteiger partial charge in [0.05, 0.1) is 6.54 Å². The first-order chi connectivity index (χ1) is 11.7. The molecule has 8 heteroatoms. The molecule has 0 radical (unpaired) electrons. The summed E-state index contributed by atoms with van der Waals surface area (Å²) in [4.78, 5) is 6.69. The number of aryl methyl sites for hydroxylation is 1. The maximum absolute atomic E-state index is 4.30. The molecule has 1 aromatic carbocycles. The van der Waals surface area contributed by atoms with Crippen molar-refractivity contribution in [3.63, 3.8) is 0 Å². The van der Waals surface area contributed by atoms with E-state index in [0.29, 0.717) is 12.6 Å². The molecule has 1 atom stereocenters. The van der Waals surface area contributed by atoms with E-state index in [1.54, 1.807) is 13.4 Å². The number of anilines is 1. The number of benzene rings is 1. The van der Waals surface area contributed by atoms with E-state index >= 15 is 0 Å². The molecule has 2 heterocycles. The Balaban J connectivity index is 1.52. The Kier molecular flexibility index (Phi) is 5.34. The lowest BCUT2D eigenvalue weighted by Gasteiger charge is -2.20. The summed E-state index contributed by atoms with van der Waals surface area (Å²) in [7, 11) is 3.72. The van der Waals surface area contributed by atoms with E-state index in [9.17, 15) is 0 Å². The van der Waals surface area contributed by atoms with Crippen molar-refractivity contribution >= 4 is 27.6 Å². The van der Waals surface area contributed by atoms with E-state index < -0.39 is 0 Å². The molecule has 0 amide bonds. The maximum Gasteiger partial charge on any atom is 0.191 e. The molecule has 3 rings (SSSR count). The quantitative estimate of drug-likeness (QED) is 0.610. The molecule has 0 spiro atoms. The predicted molar refractivity (Wildman–Crippen MR) is 99.1 cm³/mol. The Bertz CT molecular complexity index is 695. The highest BCUT2D eigenvalue weighted by atomic mass is 79.9. The van der Waals surface area contributed by atoms with Crippen molar-refractivity contribution in [2.45, 2.75) is 19.0 Å². The summed E-state index contributed by atoms with van der Waals surface area (Å²) in [5, 5.41) is 14.7. The Hall–Kier alpha value is -2.09. The van der Waals surface area contributed by atoms with E-state index in [4.69, 9.17) is 0 Å². The molecule has 0 bridgehead atoms. The molecule has 1 fully saturated rings. The van der Waals surface area contributed by atoms with Crippen molar-refractivity contribution < 1.29 is 0 Å². The Morgan fingerprint density at radius 3 is 2.83 bits per heavy atom. The van der Waals surface area contributed by atoms with Gasteiger partial charge in [0.1, 0.15) is 6.33 Å². The van der Waals surface area contributed by atoms with Gasteiger partial charge in [0.25, 0.3) is 0 Å². The van der Waals surface area contributed by atoms with Gasteiger partial charge < -0.3 is 20.1 Å². The first-order valence-electron chi connectivity index (χ1n) is 7.96. The van der Waals surface area contributed by atoms with Gasteiger partial charge in [0.2, 0.25) is 0 Å². The number of hydrogen-bond donors (Lipinski definition) is 2. The molecule has 128 valence electrons. The fourth-order valence-electron chi connectivity index (χ4n) is 2.78. The van der Waals surface area contributed by atoms with E-state index in [1.807, 2.05) is 11.6 Å². The summed E-state index contributed by atoms with van der Waals surface area (Å²) < 4.78 is 3.00. The third-order valence-corrected chi connectivity index (χ3v) is 4.69. The minimum absolute atomic E-state index is 0.374. The van der Waals surface area contributed by atoms with Gasteiger partial charge in [-0.25, -0.2) is 0 Å². The second kappa shape index (κ2) is 7.65. The minimum Gasteiger partial charge on any atom is -0.369 e. The lowest BCUT2D eigenvalue weighted by Crippen LogP contribution is -2.44. The largest absolute Gasteiger partial charge is 0.369 e. The van der Waals surface area contributed by atoms with Crippen LogP contribution in [0.25, 0.3) is 0 Å². The van der Waals surface area contributed by atoms with E-state index in [2.05, 4.69) is 70.9 Å². The lowest BCUT2D eigenvalue weighted by molar-refractivity contribution is 0.640. The third-order valence-electron chi connectivity index (χ3n) is 4.16. The predicted octanol–water partition coefficient (Wildman–Crippen LogP) is 1.52. The fourth-order valence-corrected chi connectivity index (χ4v) is 3.05. The van der Waals surface area contributed by atoms with Crippen LogP contribution < -0.4 is 15.5 Å². The summed E-state index contributed by atoms with van der Waals surface area (Å²) >= 11 is 3.48. The molecular weight excluding hydrogens is 370 g/mol. The number of nitrogens with zero attached hydrogens (tertiary/aromatic N) is 5. The number of aliphatic imine (C=N–C) groups is 1. The molecule has 1 aliphatic rings. The fraction of sp³-hybridized carbons (Fsp3) is 0.438. The SMILES string of the molecule is CN=C(NCc1nncn1C)NC1CCN(c2ccc(Br)cc2)C1. The summed E-state index contributed by atoms with van der Waals surface area (Å²) in [6, 6.07) is 8.83. The molecule has 24 heavy (non-hydrogen) atoms. The summed E-state index contributed by atoms with van der Waals surface area (Å²) in [6.45, 7) is 2.60. The highest BCUT2D eigenvalue weighted by molar-refractivity contribution is 9.10. The number of guanidine groups is 1. The summed E-state index contributed by atoms with van der Waals surface area (Å²) in [5.41, 5.74) is 1.25. The number of halogens is 1. The molecule has 1 saturated heterocycles. The number of nitrogens with one attached hydrogen (secondary N) is 2. The van der Waals surface area contributed by atoms with Crippen LogP contribution >= 0.6 is 15.9 Å². The number of rotatable bonds is 4. The molecule has 2 aromatic rings. The molecule has 1 aromatic heterocycles. The van der Waals surface area contributed by atoms with Crippen molar-refractivity contribution in [3.8, 4) is 0 Å². The van der Waals surface area contributed by atoms with Crippen LogP contribution in [0, 0.1) is 0 Å². The second-order valence-corrected chi connectivity index (χ2v) is 6.75. The smallest absolute Gasteiger partial charge is 0.191 e. The van der Waals surface area contributed by atoms with Gasteiger partial charge in [-0.2, -0.15) is 0 Å². The standard InChI is InChI=1S/C16H22BrN7/c1-18-16(19-9-15-22-20-11-23(15)2)21-13-7-8-24(10-13)14-5-3-12(17)4-6-14/h3-6,11,13H,7-10H2,1-2H3,(H2,18,19,21). The zero-order chi connectivity index (χ0) is 16.9. The van der Waals surface area contributed by atoms with Crippen molar-refractivity contribution in [2.75, 3.05) is 25.0 Å². The maximum atomic E-state index is 4.30. The van der Waals surface area contributed by atoms with Crippen molar-refractivity contribution in [2.24, 2.45) is 12.0 Å². The van der Waals surface area contributed by atoms with Gasteiger partial charge in [0.15, 0.2) is 11.8 Å². The molecule has 1 aliphatic heterocycles. The van der Waals surface area contributed by atoms with Crippen LogP contribution in [-0.4, -0.2) is 46.9 Å². The molecule has 0 saturated carbocycles. The average molecular weight is 392 g/mol. The topological polar surface area (TPSA) is 70.4 Å². The third kappa shape index (κ3) is 4.05. The van der Waals surface area contributed by atoms with E-state index in [-0.39, 0.29) is 0 Å². The van der Waals surface area contributed by atoms with Crippen LogP contribution in [0.1, 0.15) is 12.2 Å². The highest BCUT2D eigenvalue weighted by Gasteiger charge is 2.23. The van der Waals surface area contributed by atoms with Crippen molar-refractivity contribution in [1.82, 2.24) is 25.4 Å². The van der Waals surface area contributed by atoms with Gasteiger partial charge in [-0.1, -0.05) is 15.9 Å². The number of aromatic nitrogens is 3. The second-order valence-electron chi connectivity index (χ2n) is 5.84. The van der Waals surface area contributed by atoms with Crippen molar-refractivity contribution in [3.05, 3.63) is 40.9 Å².